The number of carbonyl (C=O) groups excluding carboxylic acids is 3. The fourth-order valence-electron chi connectivity index (χ4n) is 3.97. The summed E-state index contributed by atoms with van der Waals surface area (Å²) >= 11 is 0. The van der Waals surface area contributed by atoms with Gasteiger partial charge in [0.1, 0.15) is 5.75 Å². The van der Waals surface area contributed by atoms with Crippen molar-refractivity contribution in [1.29, 1.82) is 0 Å². The first-order valence-electron chi connectivity index (χ1n) is 11.8. The molecule has 0 bridgehead atoms. The van der Waals surface area contributed by atoms with Gasteiger partial charge in [-0.05, 0) is 48.4 Å². The number of hydrogen-bond acceptors (Lipinski definition) is 4. The van der Waals surface area contributed by atoms with E-state index in [4.69, 9.17) is 4.74 Å². The Morgan fingerprint density at radius 1 is 0.971 bits per heavy atom. The number of hydrogen-bond donors (Lipinski definition) is 2. The van der Waals surface area contributed by atoms with Gasteiger partial charge in [0.25, 0.3) is 5.91 Å². The van der Waals surface area contributed by atoms with Crippen molar-refractivity contribution in [3.8, 4) is 5.75 Å². The predicted molar refractivity (Wildman–Crippen MR) is 135 cm³/mol. The first kappa shape index (κ1) is 24.0. The quantitative estimate of drug-likeness (QED) is 0.484. The first-order chi connectivity index (χ1) is 17.0. The van der Waals surface area contributed by atoms with Crippen LogP contribution in [0.2, 0.25) is 0 Å². The number of carbonyl (C=O) groups is 3. The molecule has 35 heavy (non-hydrogen) atoms. The minimum atomic E-state index is -0.515. The lowest BCUT2D eigenvalue weighted by atomic mass is 10.1. The molecule has 180 valence electrons. The maximum Gasteiger partial charge on any atom is 0.253 e. The van der Waals surface area contributed by atoms with Crippen molar-refractivity contribution in [1.82, 2.24) is 5.32 Å². The summed E-state index contributed by atoms with van der Waals surface area (Å²) in [5, 5.41) is 5.75. The minimum absolute atomic E-state index is 0.110. The Kier molecular flexibility index (Phi) is 7.77. The predicted octanol–water partition coefficient (Wildman–Crippen LogP) is 4.40. The zero-order valence-corrected chi connectivity index (χ0v) is 19.7. The number of nitrogens with one attached hydrogen (secondary N) is 2. The van der Waals surface area contributed by atoms with E-state index in [0.29, 0.717) is 24.4 Å². The Morgan fingerprint density at radius 2 is 1.69 bits per heavy atom. The van der Waals surface area contributed by atoms with Crippen LogP contribution in [0.5, 0.6) is 5.75 Å². The average Bonchev–Trinajstić information content (AvgIpc) is 3.29. The highest BCUT2D eigenvalue weighted by Crippen LogP contribution is 2.28. The summed E-state index contributed by atoms with van der Waals surface area (Å²) in [5.74, 6) is -0.440. The van der Waals surface area contributed by atoms with E-state index in [0.717, 1.165) is 23.4 Å². The van der Waals surface area contributed by atoms with Gasteiger partial charge in [0.2, 0.25) is 11.8 Å². The van der Waals surface area contributed by atoms with Crippen LogP contribution >= 0.6 is 0 Å². The molecule has 0 saturated carbocycles. The molecule has 1 aliphatic rings. The van der Waals surface area contributed by atoms with E-state index in [2.05, 4.69) is 10.6 Å². The number of anilines is 2. The normalized spacial score (nSPS) is 15.1. The zero-order chi connectivity index (χ0) is 24.6. The third-order valence-electron chi connectivity index (χ3n) is 5.84. The Hall–Kier alpha value is -4.13. The highest BCUT2D eigenvalue weighted by Gasteiger charge is 2.35. The van der Waals surface area contributed by atoms with Crippen molar-refractivity contribution < 1.29 is 19.1 Å². The lowest BCUT2D eigenvalue weighted by Crippen LogP contribution is -2.29. The van der Waals surface area contributed by atoms with Gasteiger partial charge in [-0.15, -0.1) is 0 Å². The van der Waals surface area contributed by atoms with E-state index in [9.17, 15) is 14.4 Å². The Balaban J connectivity index is 1.38. The molecular weight excluding hydrogens is 442 g/mol. The fourth-order valence-corrected chi connectivity index (χ4v) is 3.97. The molecule has 1 aliphatic heterocycles. The molecule has 3 amide bonds. The van der Waals surface area contributed by atoms with Crippen LogP contribution < -0.4 is 20.3 Å². The number of rotatable bonds is 9. The van der Waals surface area contributed by atoms with E-state index in [1.165, 1.54) is 0 Å². The van der Waals surface area contributed by atoms with Crippen LogP contribution in [-0.2, 0) is 16.1 Å². The van der Waals surface area contributed by atoms with Gasteiger partial charge in [-0.2, -0.15) is 0 Å². The topological polar surface area (TPSA) is 87.7 Å². The summed E-state index contributed by atoms with van der Waals surface area (Å²) in [7, 11) is 0. The molecule has 3 aromatic carbocycles. The summed E-state index contributed by atoms with van der Waals surface area (Å²) in [4.78, 5) is 40.1. The molecule has 0 radical (unpaired) electrons. The van der Waals surface area contributed by atoms with Crippen molar-refractivity contribution in [2.45, 2.75) is 26.3 Å². The molecule has 4 rings (SSSR count). The molecule has 1 atom stereocenters. The molecule has 3 aromatic rings. The molecule has 0 unspecified atom stereocenters. The molecule has 1 saturated heterocycles. The van der Waals surface area contributed by atoms with Gasteiger partial charge in [-0.1, -0.05) is 49.4 Å². The summed E-state index contributed by atoms with van der Waals surface area (Å²) in [5.41, 5.74) is 2.51. The molecule has 0 aromatic heterocycles. The second-order valence-corrected chi connectivity index (χ2v) is 8.45. The van der Waals surface area contributed by atoms with Gasteiger partial charge in [0.15, 0.2) is 0 Å². The van der Waals surface area contributed by atoms with Crippen LogP contribution in [0.1, 0.15) is 35.7 Å². The third kappa shape index (κ3) is 6.06. The first-order valence-corrected chi connectivity index (χ1v) is 11.8. The van der Waals surface area contributed by atoms with Crippen LogP contribution in [0.4, 0.5) is 11.4 Å². The SMILES string of the molecule is CCCOc1ccc(N2C[C@@H](C(=O)Nc3ccccc3C(=O)NCc3ccccc3)CC2=O)cc1. The number of ether oxygens (including phenoxy) is 1. The lowest BCUT2D eigenvalue weighted by molar-refractivity contribution is -0.122. The van der Waals surface area contributed by atoms with Gasteiger partial charge in [0.05, 0.1) is 23.8 Å². The Bertz CT molecular complexity index is 1180. The zero-order valence-electron chi connectivity index (χ0n) is 19.7. The smallest absolute Gasteiger partial charge is 0.253 e. The lowest BCUT2D eigenvalue weighted by Gasteiger charge is -2.18. The van der Waals surface area contributed by atoms with Crippen molar-refractivity contribution in [2.24, 2.45) is 5.92 Å². The Morgan fingerprint density at radius 3 is 2.43 bits per heavy atom. The van der Waals surface area contributed by atoms with Crippen LogP contribution in [0, 0.1) is 5.92 Å². The molecule has 2 N–H and O–H groups in total. The van der Waals surface area contributed by atoms with Crippen molar-refractivity contribution >= 4 is 29.1 Å². The second kappa shape index (κ2) is 11.3. The van der Waals surface area contributed by atoms with Crippen molar-refractivity contribution in [2.75, 3.05) is 23.4 Å². The second-order valence-electron chi connectivity index (χ2n) is 8.45. The number of para-hydroxylation sites is 1. The third-order valence-corrected chi connectivity index (χ3v) is 5.84. The van der Waals surface area contributed by atoms with Crippen molar-refractivity contribution in [3.05, 3.63) is 90.0 Å². The van der Waals surface area contributed by atoms with E-state index in [1.54, 1.807) is 29.2 Å². The molecule has 7 nitrogen and oxygen atoms in total. The average molecular weight is 472 g/mol. The van der Waals surface area contributed by atoms with Gasteiger partial charge >= 0.3 is 0 Å². The minimum Gasteiger partial charge on any atom is -0.494 e. The van der Waals surface area contributed by atoms with E-state index in [1.807, 2.05) is 61.5 Å². The molecule has 1 heterocycles. The summed E-state index contributed by atoms with van der Waals surface area (Å²) in [6, 6.07) is 23.8. The monoisotopic (exact) mass is 471 g/mol. The summed E-state index contributed by atoms with van der Waals surface area (Å²) < 4.78 is 5.60. The van der Waals surface area contributed by atoms with Gasteiger partial charge in [-0.3, -0.25) is 14.4 Å². The van der Waals surface area contributed by atoms with Gasteiger partial charge < -0.3 is 20.3 Å². The Labute approximate surface area is 205 Å². The van der Waals surface area contributed by atoms with E-state index < -0.39 is 5.92 Å². The molecule has 1 fully saturated rings. The highest BCUT2D eigenvalue weighted by atomic mass is 16.5. The highest BCUT2D eigenvalue weighted by molar-refractivity contribution is 6.07. The van der Waals surface area contributed by atoms with Crippen LogP contribution in [0.3, 0.4) is 0 Å². The molecule has 7 heteroatoms. The number of amides is 3. The van der Waals surface area contributed by atoms with E-state index in [-0.39, 0.29) is 30.7 Å². The fraction of sp³-hybridized carbons (Fsp3) is 0.250. The maximum atomic E-state index is 13.0. The molecule has 0 spiro atoms. The summed E-state index contributed by atoms with van der Waals surface area (Å²) in [6.45, 7) is 3.34. The van der Waals surface area contributed by atoms with Crippen LogP contribution in [-0.4, -0.2) is 30.9 Å². The van der Waals surface area contributed by atoms with Crippen LogP contribution in [0.15, 0.2) is 78.9 Å². The number of nitrogens with zero attached hydrogens (tertiary/aromatic N) is 1. The molecule has 0 aliphatic carbocycles. The van der Waals surface area contributed by atoms with E-state index >= 15 is 0 Å². The summed E-state index contributed by atoms with van der Waals surface area (Å²) in [6.07, 6.45) is 1.03. The standard InChI is InChI=1S/C28H29N3O4/c1-2-16-35-23-14-12-22(13-15-23)31-19-21(17-26(31)32)27(33)30-25-11-7-6-10-24(25)28(34)29-18-20-8-4-3-5-9-20/h3-15,21H,2,16-19H2,1H3,(H,29,34)(H,30,33)/t21-/m0/s1. The largest absolute Gasteiger partial charge is 0.494 e. The number of benzene rings is 3. The maximum absolute atomic E-state index is 13.0. The molecular formula is C28H29N3O4. The van der Waals surface area contributed by atoms with Gasteiger partial charge in [0, 0.05) is 25.2 Å². The van der Waals surface area contributed by atoms with Crippen molar-refractivity contribution in [3.63, 3.8) is 0 Å². The van der Waals surface area contributed by atoms with Crippen LogP contribution in [0.25, 0.3) is 0 Å². The van der Waals surface area contributed by atoms with Gasteiger partial charge in [-0.25, -0.2) is 0 Å².